The molecule has 0 saturated carbocycles. The van der Waals surface area contributed by atoms with E-state index in [1.54, 1.807) is 57.2 Å². The predicted molar refractivity (Wildman–Crippen MR) is 117 cm³/mol. The van der Waals surface area contributed by atoms with Crippen LogP contribution in [-0.4, -0.2) is 30.1 Å². The first-order valence-corrected chi connectivity index (χ1v) is 9.89. The summed E-state index contributed by atoms with van der Waals surface area (Å²) < 4.78 is 5.10. The summed E-state index contributed by atoms with van der Waals surface area (Å²) in [6, 6.07) is 13.8. The van der Waals surface area contributed by atoms with Gasteiger partial charge >= 0.3 is 6.09 Å². The topological polar surface area (TPSA) is 96.5 Å². The molecule has 0 aliphatic heterocycles. The number of rotatable bonds is 7. The number of carbonyl (C=O) groups excluding carboxylic acids is 3. The minimum atomic E-state index is -0.577. The highest BCUT2D eigenvalue weighted by molar-refractivity contribution is 6.31. The van der Waals surface area contributed by atoms with Gasteiger partial charge in [0.2, 0.25) is 5.91 Å². The van der Waals surface area contributed by atoms with Crippen LogP contribution in [0.15, 0.2) is 48.5 Å². The molecule has 0 aliphatic carbocycles. The molecule has 0 fully saturated rings. The average molecular weight is 432 g/mol. The van der Waals surface area contributed by atoms with Crippen molar-refractivity contribution in [2.45, 2.75) is 39.3 Å². The lowest BCUT2D eigenvalue weighted by atomic mass is 10.1. The summed E-state index contributed by atoms with van der Waals surface area (Å²) in [6.07, 6.45) is -0.404. The van der Waals surface area contributed by atoms with Crippen LogP contribution < -0.4 is 16.0 Å². The smallest absolute Gasteiger partial charge is 0.407 e. The van der Waals surface area contributed by atoms with Crippen LogP contribution in [0.3, 0.4) is 0 Å². The summed E-state index contributed by atoms with van der Waals surface area (Å²) in [5.74, 6) is -0.444. The Bertz CT molecular complexity index is 892. The van der Waals surface area contributed by atoms with Gasteiger partial charge in [0.15, 0.2) is 0 Å². The molecular formula is C22H26ClN3O4. The lowest BCUT2D eigenvalue weighted by Gasteiger charge is -2.19. The quantitative estimate of drug-likeness (QED) is 0.614. The van der Waals surface area contributed by atoms with E-state index in [4.69, 9.17) is 16.3 Å². The van der Waals surface area contributed by atoms with Crippen molar-refractivity contribution in [3.63, 3.8) is 0 Å². The fourth-order valence-corrected chi connectivity index (χ4v) is 2.61. The zero-order valence-electron chi connectivity index (χ0n) is 17.3. The number of alkyl carbamates (subject to hydrolysis) is 1. The number of nitrogens with one attached hydrogen (secondary N) is 3. The zero-order valence-corrected chi connectivity index (χ0v) is 18.0. The molecule has 2 aromatic rings. The second kappa shape index (κ2) is 10.6. The van der Waals surface area contributed by atoms with Crippen LogP contribution in [0.2, 0.25) is 5.02 Å². The fraction of sp³-hybridized carbons (Fsp3) is 0.318. The van der Waals surface area contributed by atoms with Crippen LogP contribution in [0, 0.1) is 0 Å². The Morgan fingerprint density at radius 1 is 1.00 bits per heavy atom. The highest BCUT2D eigenvalue weighted by Crippen LogP contribution is 2.14. The molecule has 0 unspecified atom stereocenters. The summed E-state index contributed by atoms with van der Waals surface area (Å²) >= 11 is 5.90. The van der Waals surface area contributed by atoms with Crippen molar-refractivity contribution in [1.82, 2.24) is 10.6 Å². The van der Waals surface area contributed by atoms with Crippen molar-refractivity contribution in [3.8, 4) is 0 Å². The van der Waals surface area contributed by atoms with E-state index in [-0.39, 0.29) is 24.8 Å². The molecule has 2 aromatic carbocycles. The Labute approximate surface area is 181 Å². The molecule has 2 rings (SSSR count). The molecule has 0 spiro atoms. The molecule has 3 N–H and O–H groups in total. The van der Waals surface area contributed by atoms with E-state index in [2.05, 4.69) is 16.0 Å². The third-order valence-electron chi connectivity index (χ3n) is 3.81. The van der Waals surface area contributed by atoms with Crippen LogP contribution >= 0.6 is 11.6 Å². The summed E-state index contributed by atoms with van der Waals surface area (Å²) in [7, 11) is 0. The number of ether oxygens (including phenoxy) is 1. The van der Waals surface area contributed by atoms with Crippen molar-refractivity contribution < 1.29 is 19.1 Å². The van der Waals surface area contributed by atoms with E-state index in [0.29, 0.717) is 22.8 Å². The van der Waals surface area contributed by atoms with Gasteiger partial charge in [0, 0.05) is 35.8 Å². The molecule has 0 aromatic heterocycles. The molecule has 0 atom stereocenters. The first kappa shape index (κ1) is 23.2. The molecule has 3 amide bonds. The monoisotopic (exact) mass is 431 g/mol. The summed E-state index contributed by atoms with van der Waals surface area (Å²) in [5.41, 5.74) is 1.41. The minimum absolute atomic E-state index is 0.146. The SMILES string of the molecule is CC(C)(C)OC(=O)NCCC(=O)NCc1ccc(NC(=O)c2cccc(Cl)c2)cc1. The molecule has 0 saturated heterocycles. The molecule has 30 heavy (non-hydrogen) atoms. The van der Waals surface area contributed by atoms with E-state index < -0.39 is 11.7 Å². The van der Waals surface area contributed by atoms with Gasteiger partial charge in [0.25, 0.3) is 5.91 Å². The van der Waals surface area contributed by atoms with E-state index >= 15 is 0 Å². The van der Waals surface area contributed by atoms with E-state index in [1.807, 2.05) is 12.1 Å². The lowest BCUT2D eigenvalue weighted by Crippen LogP contribution is -2.35. The number of anilines is 1. The van der Waals surface area contributed by atoms with Gasteiger partial charge in [-0.1, -0.05) is 29.8 Å². The van der Waals surface area contributed by atoms with Gasteiger partial charge in [-0.3, -0.25) is 9.59 Å². The van der Waals surface area contributed by atoms with Gasteiger partial charge in [0.1, 0.15) is 5.60 Å². The van der Waals surface area contributed by atoms with Crippen molar-refractivity contribution in [3.05, 3.63) is 64.7 Å². The van der Waals surface area contributed by atoms with Crippen LogP contribution in [0.25, 0.3) is 0 Å². The molecule has 8 heteroatoms. The summed E-state index contributed by atoms with van der Waals surface area (Å²) in [5, 5.41) is 8.61. The highest BCUT2D eigenvalue weighted by atomic mass is 35.5. The number of hydrogen-bond acceptors (Lipinski definition) is 4. The Balaban J connectivity index is 1.73. The highest BCUT2D eigenvalue weighted by Gasteiger charge is 2.15. The van der Waals surface area contributed by atoms with Gasteiger partial charge in [-0.15, -0.1) is 0 Å². The number of carbonyl (C=O) groups is 3. The molecular weight excluding hydrogens is 406 g/mol. The Morgan fingerprint density at radius 3 is 2.33 bits per heavy atom. The standard InChI is InChI=1S/C22H26ClN3O4/c1-22(2,3)30-21(29)24-12-11-19(27)25-14-15-7-9-18(10-8-15)26-20(28)16-5-4-6-17(23)13-16/h4-10,13H,11-12,14H2,1-3H3,(H,24,29)(H,25,27)(H,26,28). The van der Waals surface area contributed by atoms with Crippen LogP contribution in [-0.2, 0) is 16.1 Å². The Kier molecular flexibility index (Phi) is 8.24. The predicted octanol–water partition coefficient (Wildman–Crippen LogP) is 4.12. The normalized spacial score (nSPS) is 10.8. The van der Waals surface area contributed by atoms with Crippen LogP contribution in [0.4, 0.5) is 10.5 Å². The maximum absolute atomic E-state index is 12.2. The number of halogens is 1. The summed E-state index contributed by atoms with van der Waals surface area (Å²) in [6.45, 7) is 5.84. The fourth-order valence-electron chi connectivity index (χ4n) is 2.42. The van der Waals surface area contributed by atoms with Gasteiger partial charge < -0.3 is 20.7 Å². The first-order chi connectivity index (χ1) is 14.1. The van der Waals surface area contributed by atoms with Gasteiger partial charge in [0.05, 0.1) is 0 Å². The largest absolute Gasteiger partial charge is 0.444 e. The number of amides is 3. The van der Waals surface area contributed by atoms with Crippen molar-refractivity contribution in [2.24, 2.45) is 0 Å². The molecule has 0 aliphatic rings. The van der Waals surface area contributed by atoms with E-state index in [0.717, 1.165) is 5.56 Å². The first-order valence-electron chi connectivity index (χ1n) is 9.52. The zero-order chi connectivity index (χ0) is 22.1. The van der Waals surface area contributed by atoms with Crippen molar-refractivity contribution in [2.75, 3.05) is 11.9 Å². The number of hydrogen-bond donors (Lipinski definition) is 3. The lowest BCUT2D eigenvalue weighted by molar-refractivity contribution is -0.121. The molecule has 0 heterocycles. The van der Waals surface area contributed by atoms with Gasteiger partial charge in [-0.05, 0) is 56.7 Å². The average Bonchev–Trinajstić information content (AvgIpc) is 2.66. The minimum Gasteiger partial charge on any atom is -0.444 e. The third kappa shape index (κ3) is 8.53. The van der Waals surface area contributed by atoms with Crippen molar-refractivity contribution >= 4 is 35.2 Å². The molecule has 0 bridgehead atoms. The Hall–Kier alpha value is -3.06. The second-order valence-corrected chi connectivity index (χ2v) is 8.05. The maximum Gasteiger partial charge on any atom is 0.407 e. The van der Waals surface area contributed by atoms with E-state index in [1.165, 1.54) is 0 Å². The molecule has 160 valence electrons. The number of benzene rings is 2. The second-order valence-electron chi connectivity index (χ2n) is 7.62. The van der Waals surface area contributed by atoms with Gasteiger partial charge in [-0.25, -0.2) is 4.79 Å². The van der Waals surface area contributed by atoms with Gasteiger partial charge in [-0.2, -0.15) is 0 Å². The summed E-state index contributed by atoms with van der Waals surface area (Å²) in [4.78, 5) is 35.7. The maximum atomic E-state index is 12.2. The molecule has 0 radical (unpaired) electrons. The third-order valence-corrected chi connectivity index (χ3v) is 4.04. The Morgan fingerprint density at radius 2 is 1.70 bits per heavy atom. The van der Waals surface area contributed by atoms with E-state index in [9.17, 15) is 14.4 Å². The van der Waals surface area contributed by atoms with Crippen LogP contribution in [0.5, 0.6) is 0 Å². The van der Waals surface area contributed by atoms with Crippen LogP contribution in [0.1, 0.15) is 43.1 Å². The molecule has 7 nitrogen and oxygen atoms in total. The van der Waals surface area contributed by atoms with Crippen molar-refractivity contribution in [1.29, 1.82) is 0 Å².